The molecule has 1 heterocycles. The summed E-state index contributed by atoms with van der Waals surface area (Å²) in [6.45, 7) is 7.72. The van der Waals surface area contributed by atoms with Gasteiger partial charge in [0.15, 0.2) is 6.61 Å². The standard InChI is InChI=1S/C19H30N2O5S/c1-15(2)4-5-16(3)20-19(22)14-26-17-6-8-18(9-7-17)27(23,24)21-10-12-25-13-11-21/h6-9,15-16H,4-5,10-14H2,1-3H3,(H,20,22)/t16-/m1/s1. The maximum atomic E-state index is 12.6. The van der Waals surface area contributed by atoms with Crippen LogP contribution in [0, 0.1) is 5.92 Å². The molecule has 1 fully saturated rings. The highest BCUT2D eigenvalue weighted by atomic mass is 32.2. The molecule has 1 saturated heterocycles. The quantitative estimate of drug-likeness (QED) is 0.688. The number of nitrogens with zero attached hydrogens (tertiary/aromatic N) is 1. The fourth-order valence-corrected chi connectivity index (χ4v) is 4.17. The van der Waals surface area contributed by atoms with Gasteiger partial charge in [-0.15, -0.1) is 0 Å². The smallest absolute Gasteiger partial charge is 0.258 e. The van der Waals surface area contributed by atoms with E-state index in [-0.39, 0.29) is 23.5 Å². The van der Waals surface area contributed by atoms with Crippen LogP contribution in [0.15, 0.2) is 29.2 Å². The lowest BCUT2D eigenvalue weighted by atomic mass is 10.0. The van der Waals surface area contributed by atoms with E-state index in [0.717, 1.165) is 12.8 Å². The Bertz CT molecular complexity index is 697. The van der Waals surface area contributed by atoms with Crippen molar-refractivity contribution in [2.75, 3.05) is 32.9 Å². The van der Waals surface area contributed by atoms with Crippen LogP contribution in [0.25, 0.3) is 0 Å². The average Bonchev–Trinajstić information content (AvgIpc) is 2.66. The summed E-state index contributed by atoms with van der Waals surface area (Å²) in [7, 11) is -3.52. The zero-order chi connectivity index (χ0) is 19.9. The van der Waals surface area contributed by atoms with Crippen molar-refractivity contribution < 1.29 is 22.7 Å². The van der Waals surface area contributed by atoms with E-state index in [4.69, 9.17) is 9.47 Å². The lowest BCUT2D eigenvalue weighted by Gasteiger charge is -2.26. The molecular formula is C19H30N2O5S. The summed E-state index contributed by atoms with van der Waals surface area (Å²) in [5.74, 6) is 0.880. The van der Waals surface area contributed by atoms with E-state index in [1.54, 1.807) is 12.1 Å². The van der Waals surface area contributed by atoms with Gasteiger partial charge in [0.2, 0.25) is 10.0 Å². The SMILES string of the molecule is CC(C)CC[C@@H](C)NC(=O)COc1ccc(S(=O)(=O)N2CCOCC2)cc1. The molecule has 0 saturated carbocycles. The van der Waals surface area contributed by atoms with Gasteiger partial charge in [-0.2, -0.15) is 4.31 Å². The van der Waals surface area contributed by atoms with Gasteiger partial charge >= 0.3 is 0 Å². The number of ether oxygens (including phenoxy) is 2. The molecule has 152 valence electrons. The Morgan fingerprint density at radius 3 is 2.37 bits per heavy atom. The molecule has 0 radical (unpaired) electrons. The number of amides is 1. The average molecular weight is 399 g/mol. The monoisotopic (exact) mass is 398 g/mol. The van der Waals surface area contributed by atoms with Gasteiger partial charge in [-0.25, -0.2) is 8.42 Å². The second-order valence-electron chi connectivity index (χ2n) is 7.22. The van der Waals surface area contributed by atoms with Crippen LogP contribution in [0.3, 0.4) is 0 Å². The van der Waals surface area contributed by atoms with Gasteiger partial charge < -0.3 is 14.8 Å². The summed E-state index contributed by atoms with van der Waals surface area (Å²) in [5, 5.41) is 2.91. The van der Waals surface area contributed by atoms with Crippen LogP contribution in [0.4, 0.5) is 0 Å². The number of hydrogen-bond acceptors (Lipinski definition) is 5. The topological polar surface area (TPSA) is 84.9 Å². The van der Waals surface area contributed by atoms with Crippen molar-refractivity contribution in [2.24, 2.45) is 5.92 Å². The number of rotatable bonds is 9. The van der Waals surface area contributed by atoms with Crippen LogP contribution in [-0.2, 0) is 19.6 Å². The van der Waals surface area contributed by atoms with Gasteiger partial charge in [0, 0.05) is 19.1 Å². The highest BCUT2D eigenvalue weighted by Gasteiger charge is 2.26. The summed E-state index contributed by atoms with van der Waals surface area (Å²) in [5.41, 5.74) is 0. The van der Waals surface area contributed by atoms with E-state index in [1.165, 1.54) is 16.4 Å². The van der Waals surface area contributed by atoms with Crippen LogP contribution < -0.4 is 10.1 Å². The van der Waals surface area contributed by atoms with Gasteiger partial charge in [0.05, 0.1) is 18.1 Å². The molecule has 8 heteroatoms. The fraction of sp³-hybridized carbons (Fsp3) is 0.632. The number of carbonyl (C=O) groups is 1. The number of hydrogen-bond donors (Lipinski definition) is 1. The summed E-state index contributed by atoms with van der Waals surface area (Å²) in [6.07, 6.45) is 1.99. The first kappa shape index (κ1) is 21.7. The summed E-state index contributed by atoms with van der Waals surface area (Å²) >= 11 is 0. The van der Waals surface area contributed by atoms with Gasteiger partial charge in [-0.3, -0.25) is 4.79 Å². The Morgan fingerprint density at radius 2 is 1.78 bits per heavy atom. The van der Waals surface area contributed by atoms with Crippen LogP contribution in [0.5, 0.6) is 5.75 Å². The minimum absolute atomic E-state index is 0.0957. The van der Waals surface area contributed by atoms with Gasteiger partial charge in [-0.05, 0) is 49.9 Å². The Balaban J connectivity index is 1.84. The molecule has 1 aliphatic heterocycles. The fourth-order valence-electron chi connectivity index (χ4n) is 2.76. The first-order valence-corrected chi connectivity index (χ1v) is 10.8. The second-order valence-corrected chi connectivity index (χ2v) is 9.15. The number of nitrogens with one attached hydrogen (secondary N) is 1. The lowest BCUT2D eigenvalue weighted by Crippen LogP contribution is -2.40. The van der Waals surface area contributed by atoms with Crippen molar-refractivity contribution in [1.29, 1.82) is 0 Å². The van der Waals surface area contributed by atoms with E-state index >= 15 is 0 Å². The predicted octanol–water partition coefficient (Wildman–Crippen LogP) is 2.03. The molecule has 2 rings (SSSR count). The first-order chi connectivity index (χ1) is 12.8. The first-order valence-electron chi connectivity index (χ1n) is 9.39. The zero-order valence-electron chi connectivity index (χ0n) is 16.3. The molecule has 1 amide bonds. The lowest BCUT2D eigenvalue weighted by molar-refractivity contribution is -0.123. The van der Waals surface area contributed by atoms with Crippen LogP contribution in [-0.4, -0.2) is 57.6 Å². The third-order valence-electron chi connectivity index (χ3n) is 4.39. The molecule has 1 atom stereocenters. The van der Waals surface area contributed by atoms with Crippen molar-refractivity contribution in [1.82, 2.24) is 9.62 Å². The van der Waals surface area contributed by atoms with Crippen molar-refractivity contribution in [3.05, 3.63) is 24.3 Å². The molecule has 1 aromatic carbocycles. The molecule has 1 aromatic rings. The molecule has 1 aliphatic rings. The maximum Gasteiger partial charge on any atom is 0.258 e. The number of morpholine rings is 1. The van der Waals surface area contributed by atoms with Crippen LogP contribution >= 0.6 is 0 Å². The molecule has 1 N–H and O–H groups in total. The van der Waals surface area contributed by atoms with Crippen LogP contribution in [0.2, 0.25) is 0 Å². The van der Waals surface area contributed by atoms with E-state index in [1.807, 2.05) is 6.92 Å². The highest BCUT2D eigenvalue weighted by molar-refractivity contribution is 7.89. The summed E-state index contributed by atoms with van der Waals surface area (Å²) < 4.78 is 37.2. The molecule has 7 nitrogen and oxygen atoms in total. The molecule has 27 heavy (non-hydrogen) atoms. The number of sulfonamides is 1. The predicted molar refractivity (Wildman–Crippen MR) is 103 cm³/mol. The molecule has 0 aromatic heterocycles. The molecule has 0 spiro atoms. The number of benzene rings is 1. The Hall–Kier alpha value is -1.64. The van der Waals surface area contributed by atoms with Gasteiger partial charge in [-0.1, -0.05) is 13.8 Å². The van der Waals surface area contributed by atoms with Gasteiger partial charge in [0.25, 0.3) is 5.91 Å². The zero-order valence-corrected chi connectivity index (χ0v) is 17.1. The van der Waals surface area contributed by atoms with Crippen LogP contribution in [0.1, 0.15) is 33.6 Å². The Morgan fingerprint density at radius 1 is 1.15 bits per heavy atom. The molecule has 0 aliphatic carbocycles. The third kappa shape index (κ3) is 6.79. The Labute approximate surface area is 162 Å². The largest absolute Gasteiger partial charge is 0.484 e. The third-order valence-corrected chi connectivity index (χ3v) is 6.30. The highest BCUT2D eigenvalue weighted by Crippen LogP contribution is 2.20. The second kappa shape index (κ2) is 10.1. The normalized spacial score (nSPS) is 16.9. The summed E-state index contributed by atoms with van der Waals surface area (Å²) in [4.78, 5) is 12.2. The van der Waals surface area contributed by atoms with E-state index in [2.05, 4.69) is 19.2 Å². The molecule has 0 unspecified atom stereocenters. The Kier molecular flexibility index (Phi) is 8.07. The van der Waals surface area contributed by atoms with E-state index in [0.29, 0.717) is 38.0 Å². The van der Waals surface area contributed by atoms with Crippen molar-refractivity contribution in [2.45, 2.75) is 44.6 Å². The minimum atomic E-state index is -3.52. The van der Waals surface area contributed by atoms with Crippen molar-refractivity contribution >= 4 is 15.9 Å². The number of carbonyl (C=O) groups excluding carboxylic acids is 1. The van der Waals surface area contributed by atoms with Crippen molar-refractivity contribution in [3.8, 4) is 5.75 Å². The minimum Gasteiger partial charge on any atom is -0.484 e. The summed E-state index contributed by atoms with van der Waals surface area (Å²) in [6, 6.07) is 6.25. The molecular weight excluding hydrogens is 368 g/mol. The van der Waals surface area contributed by atoms with E-state index < -0.39 is 10.0 Å². The van der Waals surface area contributed by atoms with E-state index in [9.17, 15) is 13.2 Å². The maximum absolute atomic E-state index is 12.6. The molecule has 0 bridgehead atoms. The van der Waals surface area contributed by atoms with Crippen molar-refractivity contribution in [3.63, 3.8) is 0 Å². The van der Waals surface area contributed by atoms with Gasteiger partial charge in [0.1, 0.15) is 5.75 Å².